The van der Waals surface area contributed by atoms with Crippen LogP contribution in [-0.2, 0) is 10.0 Å². The normalized spacial score (nSPS) is 24.6. The Balaban J connectivity index is 2.29. The number of sulfonamides is 1. The molecule has 2 atom stereocenters. The van der Waals surface area contributed by atoms with Crippen LogP contribution in [-0.4, -0.2) is 32.9 Å². The summed E-state index contributed by atoms with van der Waals surface area (Å²) in [7, 11) is -1.96. The number of anilines is 1. The summed E-state index contributed by atoms with van der Waals surface area (Å²) in [6.07, 6.45) is 0.895. The largest absolute Gasteiger partial charge is 0.495 e. The predicted molar refractivity (Wildman–Crippen MR) is 79.1 cm³/mol. The standard InChI is InChI=1S/C14H22N2O3S/c1-10-6-7-16(9-11(10)2)20(17,18)12-4-5-14(19-3)13(15)8-12/h4-5,8,10-11H,6-7,9,15H2,1-3H3. The van der Waals surface area contributed by atoms with Gasteiger partial charge in [0.2, 0.25) is 10.0 Å². The Hall–Kier alpha value is -1.27. The van der Waals surface area contributed by atoms with Crippen LogP contribution >= 0.6 is 0 Å². The first-order chi connectivity index (χ1) is 9.36. The van der Waals surface area contributed by atoms with Crippen molar-refractivity contribution in [1.29, 1.82) is 0 Å². The van der Waals surface area contributed by atoms with Gasteiger partial charge in [-0.3, -0.25) is 0 Å². The Morgan fingerprint density at radius 2 is 2.00 bits per heavy atom. The minimum Gasteiger partial charge on any atom is -0.495 e. The van der Waals surface area contributed by atoms with E-state index in [1.807, 2.05) is 0 Å². The molecule has 1 aromatic rings. The van der Waals surface area contributed by atoms with Crippen molar-refractivity contribution in [3.05, 3.63) is 18.2 Å². The summed E-state index contributed by atoms with van der Waals surface area (Å²) in [5.41, 5.74) is 6.14. The fourth-order valence-electron chi connectivity index (χ4n) is 2.46. The van der Waals surface area contributed by atoms with Crippen LogP contribution in [0.2, 0.25) is 0 Å². The van der Waals surface area contributed by atoms with Gasteiger partial charge in [0, 0.05) is 13.1 Å². The minimum atomic E-state index is -3.47. The average molecular weight is 298 g/mol. The summed E-state index contributed by atoms with van der Waals surface area (Å²) in [4.78, 5) is 0.234. The summed E-state index contributed by atoms with van der Waals surface area (Å²) in [6.45, 7) is 5.39. The third kappa shape index (κ3) is 2.76. The predicted octanol–water partition coefficient (Wildman–Crippen LogP) is 1.94. The monoisotopic (exact) mass is 298 g/mol. The van der Waals surface area contributed by atoms with Crippen molar-refractivity contribution in [2.24, 2.45) is 11.8 Å². The number of benzene rings is 1. The van der Waals surface area contributed by atoms with Crippen molar-refractivity contribution < 1.29 is 13.2 Å². The topological polar surface area (TPSA) is 72.6 Å². The minimum absolute atomic E-state index is 0.234. The van der Waals surface area contributed by atoms with Gasteiger partial charge in [-0.1, -0.05) is 13.8 Å². The molecular formula is C14H22N2O3S. The molecule has 2 rings (SSSR count). The van der Waals surface area contributed by atoms with Gasteiger partial charge in [-0.15, -0.1) is 0 Å². The van der Waals surface area contributed by atoms with E-state index in [4.69, 9.17) is 10.5 Å². The molecule has 1 heterocycles. The van der Waals surface area contributed by atoms with E-state index in [2.05, 4.69) is 13.8 Å². The molecule has 0 radical (unpaired) electrons. The molecule has 0 amide bonds. The highest BCUT2D eigenvalue weighted by atomic mass is 32.2. The molecule has 5 nitrogen and oxygen atoms in total. The van der Waals surface area contributed by atoms with Crippen LogP contribution in [0.15, 0.2) is 23.1 Å². The number of nitrogen functional groups attached to an aromatic ring is 1. The zero-order valence-electron chi connectivity index (χ0n) is 12.2. The van der Waals surface area contributed by atoms with E-state index in [1.165, 1.54) is 13.2 Å². The lowest BCUT2D eigenvalue weighted by atomic mass is 9.90. The number of nitrogens with two attached hydrogens (primary N) is 1. The molecule has 112 valence electrons. The Labute approximate surface area is 120 Å². The molecule has 0 saturated carbocycles. The highest BCUT2D eigenvalue weighted by Gasteiger charge is 2.31. The van der Waals surface area contributed by atoms with Crippen LogP contribution in [0.25, 0.3) is 0 Å². The quantitative estimate of drug-likeness (QED) is 0.866. The van der Waals surface area contributed by atoms with Crippen LogP contribution in [0.3, 0.4) is 0 Å². The number of ether oxygens (including phenoxy) is 1. The van der Waals surface area contributed by atoms with Gasteiger partial charge in [-0.25, -0.2) is 8.42 Å². The van der Waals surface area contributed by atoms with Gasteiger partial charge in [0.15, 0.2) is 0 Å². The Kier molecular flexibility index (Phi) is 4.25. The van der Waals surface area contributed by atoms with Gasteiger partial charge in [0.05, 0.1) is 17.7 Å². The second kappa shape index (κ2) is 5.61. The van der Waals surface area contributed by atoms with Crippen molar-refractivity contribution in [1.82, 2.24) is 4.31 Å². The van der Waals surface area contributed by atoms with Gasteiger partial charge < -0.3 is 10.5 Å². The fraction of sp³-hybridized carbons (Fsp3) is 0.571. The fourth-order valence-corrected chi connectivity index (χ4v) is 4.06. The smallest absolute Gasteiger partial charge is 0.243 e. The van der Waals surface area contributed by atoms with Crippen LogP contribution in [0.5, 0.6) is 5.75 Å². The molecule has 0 aliphatic carbocycles. The van der Waals surface area contributed by atoms with Crippen molar-refractivity contribution in [2.75, 3.05) is 25.9 Å². The third-order valence-corrected chi connectivity index (χ3v) is 6.00. The maximum absolute atomic E-state index is 12.6. The third-order valence-electron chi connectivity index (χ3n) is 4.14. The number of hydrogen-bond donors (Lipinski definition) is 1. The first kappa shape index (κ1) is 15.1. The second-order valence-corrected chi connectivity index (χ2v) is 7.45. The van der Waals surface area contributed by atoms with Crippen molar-refractivity contribution >= 4 is 15.7 Å². The maximum Gasteiger partial charge on any atom is 0.243 e. The van der Waals surface area contributed by atoms with Crippen LogP contribution < -0.4 is 10.5 Å². The van der Waals surface area contributed by atoms with E-state index >= 15 is 0 Å². The summed E-state index contributed by atoms with van der Waals surface area (Å²) in [5, 5.41) is 0. The first-order valence-electron chi connectivity index (χ1n) is 6.80. The van der Waals surface area contributed by atoms with Crippen molar-refractivity contribution in [3.8, 4) is 5.75 Å². The second-order valence-electron chi connectivity index (χ2n) is 5.51. The van der Waals surface area contributed by atoms with Crippen LogP contribution in [0.1, 0.15) is 20.3 Å². The summed E-state index contributed by atoms with van der Waals surface area (Å²) in [5.74, 6) is 1.42. The lowest BCUT2D eigenvalue weighted by Crippen LogP contribution is -2.42. The molecule has 1 saturated heterocycles. The molecule has 0 spiro atoms. The van der Waals surface area contributed by atoms with E-state index in [9.17, 15) is 8.42 Å². The first-order valence-corrected chi connectivity index (χ1v) is 8.24. The van der Waals surface area contributed by atoms with Crippen LogP contribution in [0.4, 0.5) is 5.69 Å². The Bertz CT molecular complexity index is 586. The average Bonchev–Trinajstić information content (AvgIpc) is 2.41. The zero-order chi connectivity index (χ0) is 14.9. The molecule has 1 fully saturated rings. The van der Waals surface area contributed by atoms with Gasteiger partial charge in [0.25, 0.3) is 0 Å². The number of hydrogen-bond acceptors (Lipinski definition) is 4. The van der Waals surface area contributed by atoms with Gasteiger partial charge in [-0.05, 0) is 36.5 Å². The molecule has 6 heteroatoms. The maximum atomic E-state index is 12.6. The van der Waals surface area contributed by atoms with E-state index < -0.39 is 10.0 Å². The molecule has 0 bridgehead atoms. The highest BCUT2D eigenvalue weighted by molar-refractivity contribution is 7.89. The van der Waals surface area contributed by atoms with Gasteiger partial charge in [-0.2, -0.15) is 4.31 Å². The lowest BCUT2D eigenvalue weighted by molar-refractivity contribution is 0.212. The highest BCUT2D eigenvalue weighted by Crippen LogP contribution is 2.30. The lowest BCUT2D eigenvalue weighted by Gasteiger charge is -2.34. The Morgan fingerprint density at radius 1 is 1.30 bits per heavy atom. The zero-order valence-corrected chi connectivity index (χ0v) is 13.0. The number of piperidine rings is 1. The van der Waals surface area contributed by atoms with E-state index in [0.29, 0.717) is 36.4 Å². The summed E-state index contributed by atoms with van der Waals surface area (Å²) >= 11 is 0. The molecule has 1 aliphatic heterocycles. The number of nitrogens with zero attached hydrogens (tertiary/aromatic N) is 1. The molecule has 2 unspecified atom stereocenters. The number of methoxy groups -OCH3 is 1. The van der Waals surface area contributed by atoms with Gasteiger partial charge in [0.1, 0.15) is 5.75 Å². The molecule has 20 heavy (non-hydrogen) atoms. The molecule has 1 aromatic carbocycles. The number of rotatable bonds is 3. The van der Waals surface area contributed by atoms with Crippen molar-refractivity contribution in [3.63, 3.8) is 0 Å². The Morgan fingerprint density at radius 3 is 2.55 bits per heavy atom. The summed E-state index contributed by atoms with van der Waals surface area (Å²) < 4.78 is 31.9. The van der Waals surface area contributed by atoms with Gasteiger partial charge >= 0.3 is 0 Å². The van der Waals surface area contributed by atoms with E-state index in [0.717, 1.165) is 6.42 Å². The SMILES string of the molecule is COc1ccc(S(=O)(=O)N2CCC(C)C(C)C2)cc1N. The molecular weight excluding hydrogens is 276 g/mol. The molecule has 1 aliphatic rings. The van der Waals surface area contributed by atoms with E-state index in [1.54, 1.807) is 16.4 Å². The van der Waals surface area contributed by atoms with Crippen molar-refractivity contribution in [2.45, 2.75) is 25.2 Å². The van der Waals surface area contributed by atoms with Crippen LogP contribution in [0, 0.1) is 11.8 Å². The summed E-state index contributed by atoms with van der Waals surface area (Å²) in [6, 6.07) is 4.61. The molecule has 0 aromatic heterocycles. The van der Waals surface area contributed by atoms with E-state index in [-0.39, 0.29) is 4.90 Å². The molecule has 2 N–H and O–H groups in total.